The van der Waals surface area contributed by atoms with Gasteiger partial charge in [0.05, 0.1) is 23.9 Å². The molecule has 1 aliphatic carbocycles. The number of nitrogens with zero attached hydrogens (tertiary/aromatic N) is 1. The molecule has 1 aromatic heterocycles. The maximum absolute atomic E-state index is 12.7. The highest BCUT2D eigenvalue weighted by Gasteiger charge is 2.27. The van der Waals surface area contributed by atoms with Crippen LogP contribution in [-0.2, 0) is 9.53 Å². The Morgan fingerprint density at radius 1 is 1.13 bits per heavy atom. The lowest BCUT2D eigenvalue weighted by Gasteiger charge is -2.13. The van der Waals surface area contributed by atoms with Gasteiger partial charge in [-0.2, -0.15) is 0 Å². The Hall–Kier alpha value is -3.57. The first-order chi connectivity index (χ1) is 14.4. The van der Waals surface area contributed by atoms with Gasteiger partial charge in [-0.3, -0.25) is 9.36 Å². The van der Waals surface area contributed by atoms with Crippen molar-refractivity contribution >= 4 is 41.1 Å². The highest BCUT2D eigenvalue weighted by atomic mass is 35.5. The average molecular weight is 420 g/mol. The molecule has 1 heterocycles. The van der Waals surface area contributed by atoms with Crippen LogP contribution in [-0.4, -0.2) is 28.5 Å². The van der Waals surface area contributed by atoms with E-state index < -0.39 is 5.97 Å². The average Bonchev–Trinajstić information content (AvgIpc) is 2.99. The topological polar surface area (TPSA) is 68.5 Å². The molecule has 0 aliphatic heterocycles. The first kappa shape index (κ1) is 19.7. The van der Waals surface area contributed by atoms with Crippen molar-refractivity contribution in [3.63, 3.8) is 0 Å². The number of carbonyl (C=O) groups is 2. The van der Waals surface area contributed by atoms with Crippen LogP contribution in [0.1, 0.15) is 32.7 Å². The zero-order chi connectivity index (χ0) is 21.4. The highest BCUT2D eigenvalue weighted by molar-refractivity contribution is 6.33. The summed E-state index contributed by atoms with van der Waals surface area (Å²) in [6.45, 7) is 1.70. The van der Waals surface area contributed by atoms with Gasteiger partial charge in [0.2, 0.25) is 5.88 Å². The summed E-state index contributed by atoms with van der Waals surface area (Å²) in [6.07, 6.45) is 4.77. The molecule has 1 aliphatic rings. The van der Waals surface area contributed by atoms with Crippen LogP contribution in [0.25, 0.3) is 23.4 Å². The molecule has 0 amide bonds. The summed E-state index contributed by atoms with van der Waals surface area (Å²) in [7, 11) is 1.27. The predicted octanol–water partition coefficient (Wildman–Crippen LogP) is 5.07. The third-order valence-corrected chi connectivity index (χ3v) is 5.33. The van der Waals surface area contributed by atoms with Gasteiger partial charge in [0.25, 0.3) is 0 Å². The quantitative estimate of drug-likeness (QED) is 0.475. The van der Waals surface area contributed by atoms with E-state index in [1.54, 1.807) is 43.3 Å². The largest absolute Gasteiger partial charge is 0.494 e. The van der Waals surface area contributed by atoms with E-state index in [4.69, 9.17) is 16.3 Å². The van der Waals surface area contributed by atoms with E-state index in [9.17, 15) is 14.7 Å². The molecular formula is C24H18ClNO4. The molecule has 0 atom stereocenters. The third-order valence-electron chi connectivity index (χ3n) is 5.09. The Morgan fingerprint density at radius 3 is 2.63 bits per heavy atom. The van der Waals surface area contributed by atoms with E-state index in [0.29, 0.717) is 22.0 Å². The predicted molar refractivity (Wildman–Crippen MR) is 117 cm³/mol. The molecule has 0 unspecified atom stereocenters. The second-order valence-corrected chi connectivity index (χ2v) is 7.28. The van der Waals surface area contributed by atoms with Gasteiger partial charge in [0.1, 0.15) is 0 Å². The van der Waals surface area contributed by atoms with E-state index in [2.05, 4.69) is 0 Å². The fourth-order valence-corrected chi connectivity index (χ4v) is 3.88. The minimum Gasteiger partial charge on any atom is -0.494 e. The Bertz CT molecular complexity index is 1250. The van der Waals surface area contributed by atoms with Crippen molar-refractivity contribution in [2.75, 3.05) is 7.11 Å². The smallest absolute Gasteiger partial charge is 0.340 e. The second-order valence-electron chi connectivity index (χ2n) is 6.85. The number of esters is 1. The summed E-state index contributed by atoms with van der Waals surface area (Å²) >= 11 is 6.12. The van der Waals surface area contributed by atoms with Crippen LogP contribution in [0.2, 0.25) is 5.02 Å². The van der Waals surface area contributed by atoms with Gasteiger partial charge < -0.3 is 9.84 Å². The van der Waals surface area contributed by atoms with Crippen LogP contribution in [0.3, 0.4) is 0 Å². The van der Waals surface area contributed by atoms with Crippen molar-refractivity contribution in [3.8, 4) is 11.6 Å². The van der Waals surface area contributed by atoms with E-state index in [1.807, 2.05) is 24.3 Å². The number of benzene rings is 2. The SMILES string of the molecule is COC(=O)c1c(C=C2C(=O)C=Cc3ccccc32)c(O)n(-c2cccc(Cl)c2)c1C. The molecule has 150 valence electrons. The summed E-state index contributed by atoms with van der Waals surface area (Å²) in [5, 5.41) is 11.6. The fraction of sp³-hybridized carbons (Fsp3) is 0.0833. The molecule has 6 heteroatoms. The molecule has 1 N–H and O–H groups in total. The number of hydrogen-bond acceptors (Lipinski definition) is 4. The Labute approximate surface area is 178 Å². The number of ketones is 1. The number of ether oxygens (including phenoxy) is 1. The van der Waals surface area contributed by atoms with Gasteiger partial charge in [0.15, 0.2) is 5.78 Å². The minimum absolute atomic E-state index is 0.178. The molecular weight excluding hydrogens is 402 g/mol. The first-order valence-corrected chi connectivity index (χ1v) is 9.62. The lowest BCUT2D eigenvalue weighted by Crippen LogP contribution is -2.07. The third kappa shape index (κ3) is 3.23. The molecule has 0 saturated carbocycles. The molecule has 0 spiro atoms. The van der Waals surface area contributed by atoms with Gasteiger partial charge in [-0.15, -0.1) is 0 Å². The van der Waals surface area contributed by atoms with Gasteiger partial charge >= 0.3 is 5.97 Å². The minimum atomic E-state index is -0.609. The normalized spacial score (nSPS) is 14.1. The number of fused-ring (bicyclic) bond motifs is 1. The maximum Gasteiger partial charge on any atom is 0.340 e. The molecule has 0 saturated heterocycles. The van der Waals surface area contributed by atoms with Gasteiger partial charge in [0, 0.05) is 16.3 Å². The second kappa shape index (κ2) is 7.69. The number of aromatic hydroxyl groups is 1. The lowest BCUT2D eigenvalue weighted by molar-refractivity contribution is -0.109. The molecule has 0 fully saturated rings. The number of halogens is 1. The molecule has 2 aromatic carbocycles. The highest BCUT2D eigenvalue weighted by Crippen LogP contribution is 2.37. The van der Waals surface area contributed by atoms with Crippen LogP contribution < -0.4 is 0 Å². The summed E-state index contributed by atoms with van der Waals surface area (Å²) in [5.74, 6) is -0.998. The summed E-state index contributed by atoms with van der Waals surface area (Å²) in [4.78, 5) is 25.2. The summed E-state index contributed by atoms with van der Waals surface area (Å²) in [5.41, 5.74) is 3.46. The van der Waals surface area contributed by atoms with Crippen molar-refractivity contribution in [2.45, 2.75) is 6.92 Å². The van der Waals surface area contributed by atoms with E-state index in [1.165, 1.54) is 17.8 Å². The van der Waals surface area contributed by atoms with E-state index >= 15 is 0 Å². The maximum atomic E-state index is 12.7. The molecule has 0 bridgehead atoms. The monoisotopic (exact) mass is 419 g/mol. The number of rotatable bonds is 3. The summed E-state index contributed by atoms with van der Waals surface area (Å²) in [6, 6.07) is 14.4. The molecule has 0 radical (unpaired) electrons. The molecule has 3 aromatic rings. The van der Waals surface area contributed by atoms with Gasteiger partial charge in [-0.25, -0.2) is 4.79 Å². The molecule has 30 heavy (non-hydrogen) atoms. The van der Waals surface area contributed by atoms with Crippen molar-refractivity contribution in [2.24, 2.45) is 0 Å². The summed E-state index contributed by atoms with van der Waals surface area (Å²) < 4.78 is 6.47. The Kier molecular flexibility index (Phi) is 5.06. The van der Waals surface area contributed by atoms with Crippen LogP contribution in [0.15, 0.2) is 54.6 Å². The zero-order valence-corrected chi connectivity index (χ0v) is 17.1. The Balaban J connectivity index is 2.00. The number of aromatic nitrogens is 1. The first-order valence-electron chi connectivity index (χ1n) is 9.24. The van der Waals surface area contributed by atoms with Crippen LogP contribution in [0.5, 0.6) is 5.88 Å². The van der Waals surface area contributed by atoms with E-state index in [0.717, 1.165) is 11.1 Å². The number of methoxy groups -OCH3 is 1. The van der Waals surface area contributed by atoms with Crippen LogP contribution >= 0.6 is 11.6 Å². The van der Waals surface area contributed by atoms with Gasteiger partial charge in [-0.05, 0) is 48.4 Å². The fourth-order valence-electron chi connectivity index (χ4n) is 3.69. The van der Waals surface area contributed by atoms with Crippen molar-refractivity contribution in [1.82, 2.24) is 4.57 Å². The lowest BCUT2D eigenvalue weighted by atomic mass is 9.90. The molecule has 4 rings (SSSR count). The van der Waals surface area contributed by atoms with Crippen LogP contribution in [0.4, 0.5) is 0 Å². The van der Waals surface area contributed by atoms with E-state index in [-0.39, 0.29) is 22.8 Å². The van der Waals surface area contributed by atoms with Crippen molar-refractivity contribution < 1.29 is 19.4 Å². The molecule has 5 nitrogen and oxygen atoms in total. The van der Waals surface area contributed by atoms with Crippen molar-refractivity contribution in [1.29, 1.82) is 0 Å². The van der Waals surface area contributed by atoms with Crippen molar-refractivity contribution in [3.05, 3.63) is 87.6 Å². The number of allylic oxidation sites excluding steroid dienone is 2. The number of hydrogen-bond donors (Lipinski definition) is 1. The van der Waals surface area contributed by atoms with Gasteiger partial charge in [-0.1, -0.05) is 48.0 Å². The Morgan fingerprint density at radius 2 is 1.90 bits per heavy atom. The number of carbonyl (C=O) groups excluding carboxylic acids is 2. The zero-order valence-electron chi connectivity index (χ0n) is 16.3. The standard InChI is InChI=1S/C24H18ClNO4/c1-14-22(24(29)30-2)20(23(28)26(14)17-8-5-7-16(25)12-17)13-19-18-9-4-3-6-15(18)10-11-21(19)27/h3-13,28H,1-2H3. The van der Waals surface area contributed by atoms with Crippen LogP contribution in [0, 0.1) is 6.92 Å².